The van der Waals surface area contributed by atoms with E-state index in [9.17, 15) is 4.79 Å². The molecule has 0 aliphatic heterocycles. The van der Waals surface area contributed by atoms with E-state index in [-0.39, 0.29) is 12.3 Å². The van der Waals surface area contributed by atoms with Crippen LogP contribution in [0.3, 0.4) is 0 Å². The minimum Gasteiger partial charge on any atom is -0.295 e. The van der Waals surface area contributed by atoms with Crippen molar-refractivity contribution >= 4 is 40.3 Å². The number of nitrogens with zero attached hydrogens (tertiary/aromatic N) is 2. The van der Waals surface area contributed by atoms with Gasteiger partial charge in [-0.3, -0.25) is 9.69 Å². The van der Waals surface area contributed by atoms with Gasteiger partial charge in [0.05, 0.1) is 22.5 Å². The Morgan fingerprint density at radius 1 is 1.59 bits per heavy atom. The molecule has 0 aromatic carbocycles. The molecule has 0 aliphatic carbocycles. The molecule has 0 aliphatic rings. The molecule has 0 saturated carbocycles. The summed E-state index contributed by atoms with van der Waals surface area (Å²) in [5, 5.41) is 8.51. The van der Waals surface area contributed by atoms with Gasteiger partial charge in [-0.25, -0.2) is 0 Å². The molecular formula is C11H12Cl2N2OS. The van der Waals surface area contributed by atoms with Crippen LogP contribution in [-0.4, -0.2) is 30.3 Å². The molecule has 0 radical (unpaired) electrons. The average Bonchev–Trinajstić information content (AvgIpc) is 2.63. The lowest BCUT2D eigenvalue weighted by atomic mass is 10.2. The van der Waals surface area contributed by atoms with Crippen molar-refractivity contribution in [3.05, 3.63) is 20.3 Å². The first-order valence-electron chi connectivity index (χ1n) is 5.15. The molecule has 0 N–H and O–H groups in total. The van der Waals surface area contributed by atoms with Crippen molar-refractivity contribution in [2.75, 3.05) is 19.6 Å². The lowest BCUT2D eigenvalue weighted by molar-refractivity contribution is 0.0936. The van der Waals surface area contributed by atoms with Gasteiger partial charge in [0.1, 0.15) is 4.34 Å². The third-order valence-corrected chi connectivity index (χ3v) is 3.80. The van der Waals surface area contributed by atoms with E-state index >= 15 is 0 Å². The van der Waals surface area contributed by atoms with Crippen LogP contribution in [0.2, 0.25) is 8.67 Å². The summed E-state index contributed by atoms with van der Waals surface area (Å²) in [7, 11) is 0. The van der Waals surface area contributed by atoms with E-state index < -0.39 is 0 Å². The van der Waals surface area contributed by atoms with Gasteiger partial charge >= 0.3 is 0 Å². The number of rotatable bonds is 6. The van der Waals surface area contributed by atoms with Gasteiger partial charge in [0.2, 0.25) is 0 Å². The molecule has 0 fully saturated rings. The summed E-state index contributed by atoms with van der Waals surface area (Å²) in [6, 6.07) is 3.66. The summed E-state index contributed by atoms with van der Waals surface area (Å²) in [5.41, 5.74) is 0.470. The predicted octanol–water partition coefficient (Wildman–Crippen LogP) is 3.47. The van der Waals surface area contributed by atoms with Crippen molar-refractivity contribution < 1.29 is 4.79 Å². The van der Waals surface area contributed by atoms with Crippen LogP contribution in [0.1, 0.15) is 23.7 Å². The van der Waals surface area contributed by atoms with E-state index in [2.05, 4.69) is 6.07 Å². The quantitative estimate of drug-likeness (QED) is 0.754. The van der Waals surface area contributed by atoms with Crippen LogP contribution >= 0.6 is 34.5 Å². The molecule has 1 aromatic heterocycles. The first-order valence-corrected chi connectivity index (χ1v) is 6.73. The molecule has 0 atom stereocenters. The monoisotopic (exact) mass is 290 g/mol. The van der Waals surface area contributed by atoms with Gasteiger partial charge < -0.3 is 0 Å². The molecule has 92 valence electrons. The van der Waals surface area contributed by atoms with Crippen molar-refractivity contribution in [2.24, 2.45) is 0 Å². The minimum absolute atomic E-state index is 0.0575. The first-order chi connectivity index (χ1) is 8.08. The Morgan fingerprint density at radius 2 is 2.29 bits per heavy atom. The van der Waals surface area contributed by atoms with Crippen molar-refractivity contribution in [1.29, 1.82) is 5.26 Å². The summed E-state index contributed by atoms with van der Waals surface area (Å²) in [4.78, 5) is 13.9. The largest absolute Gasteiger partial charge is 0.295 e. The normalized spacial score (nSPS) is 10.5. The van der Waals surface area contributed by atoms with Crippen molar-refractivity contribution in [2.45, 2.75) is 13.3 Å². The van der Waals surface area contributed by atoms with Gasteiger partial charge in [0, 0.05) is 13.0 Å². The van der Waals surface area contributed by atoms with Gasteiger partial charge in [0.25, 0.3) is 0 Å². The van der Waals surface area contributed by atoms with Crippen molar-refractivity contribution in [1.82, 2.24) is 4.90 Å². The van der Waals surface area contributed by atoms with E-state index in [1.54, 1.807) is 6.07 Å². The second-order valence-electron chi connectivity index (χ2n) is 3.44. The Bertz CT molecular complexity index is 439. The Kier molecular flexibility index (Phi) is 5.93. The molecule has 6 heteroatoms. The van der Waals surface area contributed by atoms with Crippen molar-refractivity contribution in [3.8, 4) is 6.07 Å². The molecule has 3 nitrogen and oxygen atoms in total. The van der Waals surface area contributed by atoms with Gasteiger partial charge in [-0.1, -0.05) is 30.1 Å². The number of ketones is 1. The maximum absolute atomic E-state index is 12.0. The molecule has 0 saturated heterocycles. The van der Waals surface area contributed by atoms with E-state index in [0.29, 0.717) is 27.2 Å². The van der Waals surface area contributed by atoms with E-state index in [0.717, 1.165) is 6.54 Å². The summed E-state index contributed by atoms with van der Waals surface area (Å²) in [6.45, 7) is 3.54. The van der Waals surface area contributed by atoms with Crippen LogP contribution in [0.15, 0.2) is 6.07 Å². The average molecular weight is 291 g/mol. The van der Waals surface area contributed by atoms with Crippen LogP contribution in [0.5, 0.6) is 0 Å². The topological polar surface area (TPSA) is 44.1 Å². The van der Waals surface area contributed by atoms with E-state index in [1.165, 1.54) is 11.3 Å². The highest BCUT2D eigenvalue weighted by molar-refractivity contribution is 7.20. The highest BCUT2D eigenvalue weighted by Crippen LogP contribution is 2.31. The fourth-order valence-electron chi connectivity index (χ4n) is 1.38. The van der Waals surface area contributed by atoms with Gasteiger partial charge in [-0.2, -0.15) is 5.26 Å². The second kappa shape index (κ2) is 6.97. The molecular weight excluding hydrogens is 279 g/mol. The number of Topliss-reactive ketones (excluding diaryl/α,β-unsaturated/α-hetero) is 1. The number of likely N-dealkylation sites (N-methyl/N-ethyl adjacent to an activating group) is 1. The number of carbonyl (C=O) groups excluding carboxylic acids is 1. The Hall–Kier alpha value is -0.600. The summed E-state index contributed by atoms with van der Waals surface area (Å²) < 4.78 is 0.940. The van der Waals surface area contributed by atoms with Gasteiger partial charge in [0.15, 0.2) is 5.78 Å². The number of halogens is 2. The van der Waals surface area contributed by atoms with Crippen LogP contribution in [0.25, 0.3) is 0 Å². The maximum atomic E-state index is 12.0. The zero-order valence-electron chi connectivity index (χ0n) is 9.37. The molecule has 1 heterocycles. The van der Waals surface area contributed by atoms with Crippen LogP contribution in [-0.2, 0) is 0 Å². The maximum Gasteiger partial charge on any atom is 0.179 e. The third kappa shape index (κ3) is 4.29. The van der Waals surface area contributed by atoms with Gasteiger partial charge in [-0.15, -0.1) is 11.3 Å². The summed E-state index contributed by atoms with van der Waals surface area (Å²) in [5.74, 6) is -0.0575. The number of hydrogen-bond acceptors (Lipinski definition) is 4. The van der Waals surface area contributed by atoms with E-state index in [4.69, 9.17) is 28.5 Å². The molecule has 0 unspecified atom stereocenters. The Labute approximate surface area is 115 Å². The van der Waals surface area contributed by atoms with Crippen LogP contribution in [0.4, 0.5) is 0 Å². The second-order valence-corrected chi connectivity index (χ2v) is 5.72. The van der Waals surface area contributed by atoms with E-state index in [1.807, 2.05) is 11.8 Å². The number of hydrogen-bond donors (Lipinski definition) is 0. The Balaban J connectivity index is 2.65. The SMILES string of the molecule is CCN(CCC#N)CC(=O)c1cc(Cl)sc1Cl. The minimum atomic E-state index is -0.0575. The van der Waals surface area contributed by atoms with Crippen LogP contribution < -0.4 is 0 Å². The molecule has 17 heavy (non-hydrogen) atoms. The molecule has 0 bridgehead atoms. The molecule has 0 amide bonds. The number of nitriles is 1. The first kappa shape index (κ1) is 14.5. The summed E-state index contributed by atoms with van der Waals surface area (Å²) >= 11 is 12.9. The Morgan fingerprint density at radius 3 is 2.76 bits per heavy atom. The molecule has 0 spiro atoms. The molecule has 1 aromatic rings. The highest BCUT2D eigenvalue weighted by Gasteiger charge is 2.16. The van der Waals surface area contributed by atoms with Crippen LogP contribution in [0, 0.1) is 11.3 Å². The fraction of sp³-hybridized carbons (Fsp3) is 0.455. The lowest BCUT2D eigenvalue weighted by Gasteiger charge is -2.17. The number of carbonyl (C=O) groups is 1. The fourth-order valence-corrected chi connectivity index (χ4v) is 2.87. The lowest BCUT2D eigenvalue weighted by Crippen LogP contribution is -2.30. The zero-order chi connectivity index (χ0) is 12.8. The standard InChI is InChI=1S/C11H12Cl2N2OS/c1-2-15(5-3-4-14)7-9(16)8-6-10(12)17-11(8)13/h6H,2-3,5,7H2,1H3. The zero-order valence-corrected chi connectivity index (χ0v) is 11.7. The highest BCUT2D eigenvalue weighted by atomic mass is 35.5. The predicted molar refractivity (Wildman–Crippen MR) is 71.0 cm³/mol. The van der Waals surface area contributed by atoms with Crippen molar-refractivity contribution in [3.63, 3.8) is 0 Å². The third-order valence-electron chi connectivity index (χ3n) is 2.31. The smallest absolute Gasteiger partial charge is 0.179 e. The number of thiophene rings is 1. The summed E-state index contributed by atoms with van der Waals surface area (Å²) in [6.07, 6.45) is 0.416. The molecule has 1 rings (SSSR count). The van der Waals surface area contributed by atoms with Gasteiger partial charge in [-0.05, 0) is 12.6 Å².